The molecule has 0 aliphatic heterocycles. The van der Waals surface area contributed by atoms with Crippen LogP contribution in [0, 0.1) is 12.7 Å². The molecule has 3 aromatic rings. The Morgan fingerprint density at radius 3 is 2.41 bits per heavy atom. The lowest BCUT2D eigenvalue weighted by atomic mass is 10.2. The van der Waals surface area contributed by atoms with Crippen LogP contribution in [0.15, 0.2) is 48.8 Å². The molecule has 0 bridgehead atoms. The maximum atomic E-state index is 14.0. The fourth-order valence-electron chi connectivity index (χ4n) is 2.45. The Labute approximate surface area is 169 Å². The second-order valence-corrected chi connectivity index (χ2v) is 7.42. The molecule has 2 aromatic heterocycles. The highest BCUT2D eigenvalue weighted by Gasteiger charge is 2.28. The average Bonchev–Trinajstić information content (AvgIpc) is 3.03. The number of ether oxygens (including phenoxy) is 1. The maximum absolute atomic E-state index is 14.0. The number of aryl methyl sites for hydroxylation is 2. The van der Waals surface area contributed by atoms with Crippen molar-refractivity contribution in [3.63, 3.8) is 0 Å². The van der Waals surface area contributed by atoms with Crippen molar-refractivity contribution < 1.29 is 36.8 Å². The standard InChI is InChI=1S/C18H19FNOS.C2HF3O2/c1-14-11-16-17(19)12-15(13-18(16)22-14)21-10-6-5-9-20-7-3-2-4-8-20;3-2(4,5)1(6)7/h2-4,7-8,11-13H,5-6,9-10H2,1H3;(H,6,7)/q+1;/p-1. The number of hydrogen-bond donors (Lipinski definition) is 0. The number of pyridine rings is 1. The number of fused-ring (bicyclic) bond motifs is 1. The lowest BCUT2D eigenvalue weighted by molar-refractivity contribution is -0.697. The molecule has 0 radical (unpaired) electrons. The predicted molar refractivity (Wildman–Crippen MR) is 98.9 cm³/mol. The van der Waals surface area contributed by atoms with Gasteiger partial charge in [-0.2, -0.15) is 13.2 Å². The molecule has 0 aliphatic carbocycles. The summed E-state index contributed by atoms with van der Waals surface area (Å²) in [5.74, 6) is -2.58. The lowest BCUT2D eigenvalue weighted by Gasteiger charge is -2.06. The van der Waals surface area contributed by atoms with Crippen molar-refractivity contribution >= 4 is 27.4 Å². The van der Waals surface area contributed by atoms with Gasteiger partial charge in [-0.25, -0.2) is 8.96 Å². The Balaban J connectivity index is 0.000000370. The van der Waals surface area contributed by atoms with E-state index < -0.39 is 12.1 Å². The predicted octanol–water partition coefficient (Wildman–Crippen LogP) is 3.79. The van der Waals surface area contributed by atoms with Gasteiger partial charge in [-0.15, -0.1) is 11.3 Å². The van der Waals surface area contributed by atoms with Gasteiger partial charge in [0.15, 0.2) is 12.4 Å². The summed E-state index contributed by atoms with van der Waals surface area (Å²) in [5.41, 5.74) is 0. The van der Waals surface area contributed by atoms with E-state index >= 15 is 0 Å². The zero-order valence-electron chi connectivity index (χ0n) is 15.5. The summed E-state index contributed by atoms with van der Waals surface area (Å²) in [6.07, 6.45) is 0.912. The van der Waals surface area contributed by atoms with Crippen LogP contribution in [0.4, 0.5) is 17.6 Å². The van der Waals surface area contributed by atoms with Gasteiger partial charge in [0, 0.05) is 39.6 Å². The second-order valence-electron chi connectivity index (χ2n) is 6.13. The Morgan fingerprint density at radius 2 is 1.79 bits per heavy atom. The molecule has 0 aliphatic rings. The largest absolute Gasteiger partial charge is 0.542 e. The summed E-state index contributed by atoms with van der Waals surface area (Å²) in [4.78, 5) is 9.90. The van der Waals surface area contributed by atoms with Gasteiger partial charge in [-0.3, -0.25) is 0 Å². The minimum Gasteiger partial charge on any atom is -0.542 e. The molecule has 1 aromatic carbocycles. The third-order valence-electron chi connectivity index (χ3n) is 3.77. The van der Waals surface area contributed by atoms with Gasteiger partial charge in [-0.05, 0) is 25.5 Å². The fraction of sp³-hybridized carbons (Fsp3) is 0.300. The first-order valence-corrected chi connectivity index (χ1v) is 9.53. The van der Waals surface area contributed by atoms with Crippen molar-refractivity contribution in [1.82, 2.24) is 0 Å². The molecule has 9 heteroatoms. The third-order valence-corrected chi connectivity index (χ3v) is 4.77. The molecule has 0 saturated carbocycles. The van der Waals surface area contributed by atoms with Gasteiger partial charge in [0.2, 0.25) is 0 Å². The number of rotatable bonds is 6. The number of thiophene rings is 1. The van der Waals surface area contributed by atoms with Gasteiger partial charge in [0.1, 0.15) is 24.1 Å². The number of unbranched alkanes of at least 4 members (excludes halogenated alkanes) is 1. The summed E-state index contributed by atoms with van der Waals surface area (Å²) in [6.45, 7) is 3.58. The van der Waals surface area contributed by atoms with Crippen LogP contribution in [-0.4, -0.2) is 18.8 Å². The van der Waals surface area contributed by atoms with E-state index in [4.69, 9.17) is 14.6 Å². The van der Waals surface area contributed by atoms with E-state index in [2.05, 4.69) is 17.0 Å². The first-order valence-electron chi connectivity index (χ1n) is 8.71. The number of hydrogen-bond acceptors (Lipinski definition) is 4. The molecule has 0 unspecified atom stereocenters. The molecule has 156 valence electrons. The minimum absolute atomic E-state index is 0.198. The van der Waals surface area contributed by atoms with Crippen LogP contribution in [0.3, 0.4) is 0 Å². The van der Waals surface area contributed by atoms with Crippen molar-refractivity contribution in [1.29, 1.82) is 0 Å². The average molecular weight is 429 g/mol. The van der Waals surface area contributed by atoms with Crippen molar-refractivity contribution in [2.45, 2.75) is 32.5 Å². The van der Waals surface area contributed by atoms with Crippen LogP contribution in [-0.2, 0) is 11.3 Å². The fourth-order valence-corrected chi connectivity index (χ4v) is 3.42. The van der Waals surface area contributed by atoms with Crippen molar-refractivity contribution in [2.24, 2.45) is 0 Å². The number of aliphatic carboxylic acids is 1. The van der Waals surface area contributed by atoms with Gasteiger partial charge in [0.25, 0.3) is 0 Å². The summed E-state index contributed by atoms with van der Waals surface area (Å²) in [7, 11) is 0. The molecule has 0 spiro atoms. The van der Waals surface area contributed by atoms with E-state index in [0.29, 0.717) is 17.7 Å². The van der Waals surface area contributed by atoms with Crippen LogP contribution in [0.2, 0.25) is 0 Å². The quantitative estimate of drug-likeness (QED) is 0.340. The highest BCUT2D eigenvalue weighted by molar-refractivity contribution is 7.19. The first-order chi connectivity index (χ1) is 13.7. The molecule has 0 atom stereocenters. The minimum atomic E-state index is -5.19. The Hall–Kier alpha value is -2.68. The number of alkyl halides is 3. The highest BCUT2D eigenvalue weighted by atomic mass is 32.1. The number of carbonyl (C=O) groups is 1. The molecular weight excluding hydrogens is 410 g/mol. The number of nitrogens with zero attached hydrogens (tertiary/aromatic N) is 1. The topological polar surface area (TPSA) is 53.2 Å². The van der Waals surface area contributed by atoms with Crippen LogP contribution < -0.4 is 14.4 Å². The summed E-state index contributed by atoms with van der Waals surface area (Å²) < 4.78 is 54.3. The molecule has 0 amide bonds. The van der Waals surface area contributed by atoms with E-state index in [9.17, 15) is 17.6 Å². The molecule has 0 fully saturated rings. The molecule has 29 heavy (non-hydrogen) atoms. The van der Waals surface area contributed by atoms with Gasteiger partial charge in [-0.1, -0.05) is 6.07 Å². The Morgan fingerprint density at radius 1 is 1.14 bits per heavy atom. The smallest absolute Gasteiger partial charge is 0.430 e. The SMILES string of the molecule is Cc1cc2c(F)cc(OCCCC[n+]3ccccc3)cc2s1.O=C([O-])C(F)(F)F. The summed E-state index contributed by atoms with van der Waals surface area (Å²) in [6, 6.07) is 11.4. The number of carboxylic acids is 1. The van der Waals surface area contributed by atoms with Crippen LogP contribution in [0.1, 0.15) is 17.7 Å². The van der Waals surface area contributed by atoms with Crippen LogP contribution in [0.5, 0.6) is 5.75 Å². The Bertz CT molecular complexity index is 942. The summed E-state index contributed by atoms with van der Waals surface area (Å²) >= 11 is 1.60. The van der Waals surface area contributed by atoms with Gasteiger partial charge < -0.3 is 14.6 Å². The van der Waals surface area contributed by atoms with Crippen molar-refractivity contribution in [2.75, 3.05) is 6.61 Å². The number of halogens is 4. The number of carbonyl (C=O) groups excluding carboxylic acids is 1. The third kappa shape index (κ3) is 7.34. The normalized spacial score (nSPS) is 11.1. The number of benzene rings is 1. The van der Waals surface area contributed by atoms with E-state index in [0.717, 1.165) is 29.0 Å². The van der Waals surface area contributed by atoms with Gasteiger partial charge in [0.05, 0.1) is 6.61 Å². The zero-order chi connectivity index (χ0) is 21.4. The van der Waals surface area contributed by atoms with Crippen molar-refractivity contribution in [3.8, 4) is 5.75 Å². The molecule has 3 rings (SSSR count). The first kappa shape index (κ1) is 22.6. The Kier molecular flexibility index (Phi) is 7.95. The second kappa shape index (κ2) is 10.2. The number of carboxylic acid groups (broad SMARTS) is 1. The van der Waals surface area contributed by atoms with E-state index in [1.165, 1.54) is 6.07 Å². The zero-order valence-corrected chi connectivity index (χ0v) is 16.4. The molecule has 2 heterocycles. The van der Waals surface area contributed by atoms with E-state index in [1.54, 1.807) is 11.3 Å². The lowest BCUT2D eigenvalue weighted by Crippen LogP contribution is -2.37. The number of aromatic nitrogens is 1. The van der Waals surface area contributed by atoms with Crippen LogP contribution >= 0.6 is 11.3 Å². The van der Waals surface area contributed by atoms with Gasteiger partial charge >= 0.3 is 6.18 Å². The summed E-state index contributed by atoms with van der Waals surface area (Å²) in [5, 5.41) is 9.47. The molecule has 4 nitrogen and oxygen atoms in total. The van der Waals surface area contributed by atoms with Crippen LogP contribution in [0.25, 0.3) is 10.1 Å². The molecule has 0 saturated heterocycles. The molecular formula is C20H19F4NO3S. The monoisotopic (exact) mass is 429 g/mol. The highest BCUT2D eigenvalue weighted by Crippen LogP contribution is 2.31. The van der Waals surface area contributed by atoms with E-state index in [-0.39, 0.29) is 5.82 Å². The molecule has 0 N–H and O–H groups in total. The van der Waals surface area contributed by atoms with Crippen molar-refractivity contribution in [3.05, 3.63) is 59.5 Å². The maximum Gasteiger partial charge on any atom is 0.430 e. The van der Waals surface area contributed by atoms with E-state index in [1.807, 2.05) is 37.3 Å².